The van der Waals surface area contributed by atoms with Crippen molar-refractivity contribution in [3.8, 4) is 5.75 Å². The summed E-state index contributed by atoms with van der Waals surface area (Å²) in [6.45, 7) is 2.99. The molecule has 22 heavy (non-hydrogen) atoms. The zero-order chi connectivity index (χ0) is 16.5. The third kappa shape index (κ3) is 3.21. The molecule has 0 heterocycles. The van der Waals surface area contributed by atoms with Gasteiger partial charge in [-0.3, -0.25) is 0 Å². The van der Waals surface area contributed by atoms with Crippen LogP contribution in [0.15, 0.2) is 36.4 Å². The second-order valence-corrected chi connectivity index (χ2v) is 4.89. The summed E-state index contributed by atoms with van der Waals surface area (Å²) in [5, 5.41) is 0. The lowest BCUT2D eigenvalue weighted by Crippen LogP contribution is -2.22. The summed E-state index contributed by atoms with van der Waals surface area (Å²) in [4.78, 5) is 0. The molecule has 6 heteroatoms. The van der Waals surface area contributed by atoms with Crippen molar-refractivity contribution in [3.05, 3.63) is 64.5 Å². The molecule has 0 aliphatic rings. The Morgan fingerprint density at radius 2 is 1.55 bits per heavy atom. The molecule has 0 radical (unpaired) electrons. The first-order valence-electron chi connectivity index (χ1n) is 6.43. The molecule has 0 amide bonds. The van der Waals surface area contributed by atoms with E-state index in [0.717, 1.165) is 29.8 Å². The van der Waals surface area contributed by atoms with Crippen LogP contribution in [0.25, 0.3) is 0 Å². The van der Waals surface area contributed by atoms with Gasteiger partial charge >= 0.3 is 6.11 Å². The number of ether oxygens (including phenoxy) is 1. The topological polar surface area (TPSA) is 9.23 Å². The molecule has 0 atom stereocenters. The maximum absolute atomic E-state index is 14.0. The maximum Gasteiger partial charge on any atom is 0.426 e. The first kappa shape index (κ1) is 16.3. The summed E-state index contributed by atoms with van der Waals surface area (Å²) in [5.41, 5.74) is -0.687. The van der Waals surface area contributed by atoms with E-state index in [0.29, 0.717) is 0 Å². The molecular formula is C16H13F5O. The molecule has 0 N–H and O–H groups in total. The van der Waals surface area contributed by atoms with Crippen molar-refractivity contribution in [2.24, 2.45) is 0 Å². The SMILES string of the molecule is Cc1ccc(C(F)(F)Oc2ccc(C)c(C(F)F)c2F)cc1. The normalized spacial score (nSPS) is 11.8. The second-order valence-electron chi connectivity index (χ2n) is 4.89. The van der Waals surface area contributed by atoms with Crippen LogP contribution in [-0.4, -0.2) is 0 Å². The van der Waals surface area contributed by atoms with Gasteiger partial charge in [0.05, 0.1) is 11.1 Å². The zero-order valence-corrected chi connectivity index (χ0v) is 11.8. The Balaban J connectivity index is 2.37. The molecule has 0 aliphatic carbocycles. The van der Waals surface area contributed by atoms with Crippen molar-refractivity contribution in [1.29, 1.82) is 0 Å². The summed E-state index contributed by atoms with van der Waals surface area (Å²) in [6, 6.07) is 7.19. The first-order chi connectivity index (χ1) is 10.2. The Bertz CT molecular complexity index is 665. The summed E-state index contributed by atoms with van der Waals surface area (Å²) in [5.74, 6) is -2.38. The molecule has 2 rings (SSSR count). The Morgan fingerprint density at radius 1 is 0.955 bits per heavy atom. The minimum atomic E-state index is -3.83. The molecule has 0 bridgehead atoms. The van der Waals surface area contributed by atoms with Gasteiger partial charge in [0.1, 0.15) is 0 Å². The van der Waals surface area contributed by atoms with Crippen LogP contribution >= 0.6 is 0 Å². The highest BCUT2D eigenvalue weighted by molar-refractivity contribution is 5.38. The van der Waals surface area contributed by atoms with Gasteiger partial charge in [0.25, 0.3) is 6.43 Å². The Morgan fingerprint density at radius 3 is 2.09 bits per heavy atom. The molecule has 0 saturated heterocycles. The molecule has 1 nitrogen and oxygen atoms in total. The van der Waals surface area contributed by atoms with Gasteiger partial charge in [-0.15, -0.1) is 0 Å². The van der Waals surface area contributed by atoms with Crippen molar-refractivity contribution in [1.82, 2.24) is 0 Å². The van der Waals surface area contributed by atoms with Gasteiger partial charge in [0.2, 0.25) is 0 Å². The van der Waals surface area contributed by atoms with Crippen LogP contribution in [0.4, 0.5) is 22.0 Å². The molecule has 0 aromatic heterocycles. The molecule has 0 unspecified atom stereocenters. The lowest BCUT2D eigenvalue weighted by molar-refractivity contribution is -0.187. The third-order valence-electron chi connectivity index (χ3n) is 3.21. The van der Waals surface area contributed by atoms with E-state index in [2.05, 4.69) is 4.74 Å². The summed E-state index contributed by atoms with van der Waals surface area (Å²) in [7, 11) is 0. The van der Waals surface area contributed by atoms with Gasteiger partial charge in [-0.2, -0.15) is 8.78 Å². The van der Waals surface area contributed by atoms with Crippen LogP contribution in [0.5, 0.6) is 5.75 Å². The first-order valence-corrected chi connectivity index (χ1v) is 6.43. The molecule has 0 aliphatic heterocycles. The molecule has 0 saturated carbocycles. The molecule has 118 valence electrons. The average molecular weight is 316 g/mol. The smallest absolute Gasteiger partial charge is 0.426 e. The van der Waals surface area contributed by atoms with Crippen molar-refractivity contribution < 1.29 is 26.7 Å². The minimum Gasteiger partial charge on any atom is -0.426 e. The van der Waals surface area contributed by atoms with Crippen molar-refractivity contribution in [3.63, 3.8) is 0 Å². The molecule has 0 spiro atoms. The number of halogens is 5. The van der Waals surface area contributed by atoms with Gasteiger partial charge in [0, 0.05) is 0 Å². The van der Waals surface area contributed by atoms with E-state index >= 15 is 0 Å². The Hall–Kier alpha value is -2.11. The molecule has 0 fully saturated rings. The Labute approximate surface area is 124 Å². The van der Waals surface area contributed by atoms with Gasteiger partial charge in [-0.05, 0) is 37.6 Å². The highest BCUT2D eigenvalue weighted by atomic mass is 19.3. The number of hydrogen-bond donors (Lipinski definition) is 0. The largest absolute Gasteiger partial charge is 0.426 e. The van der Waals surface area contributed by atoms with E-state index in [9.17, 15) is 22.0 Å². The number of rotatable bonds is 4. The van der Waals surface area contributed by atoms with Crippen LogP contribution in [0, 0.1) is 19.7 Å². The highest BCUT2D eigenvalue weighted by Gasteiger charge is 2.36. The minimum absolute atomic E-state index is 0.0292. The predicted molar refractivity (Wildman–Crippen MR) is 71.8 cm³/mol. The fourth-order valence-electron chi connectivity index (χ4n) is 1.96. The standard InChI is InChI=1S/C16H13F5O/c1-9-3-6-11(7-4-9)16(20,21)22-12-8-5-10(2)13(14(12)17)15(18)19/h3-8,15H,1-2H3. The van der Waals surface area contributed by atoms with Crippen molar-refractivity contribution in [2.45, 2.75) is 26.4 Å². The molecule has 2 aromatic carbocycles. The zero-order valence-electron chi connectivity index (χ0n) is 11.8. The summed E-state index contributed by atoms with van der Waals surface area (Å²) in [6.07, 6.45) is -6.94. The van der Waals surface area contributed by atoms with Crippen LogP contribution in [-0.2, 0) is 6.11 Å². The number of alkyl halides is 4. The Kier molecular flexibility index (Phi) is 4.39. The lowest BCUT2D eigenvalue weighted by atomic mass is 10.1. The predicted octanol–water partition coefficient (Wildman–Crippen LogP) is 5.51. The molecular weight excluding hydrogens is 303 g/mol. The lowest BCUT2D eigenvalue weighted by Gasteiger charge is -2.20. The van der Waals surface area contributed by atoms with E-state index in [4.69, 9.17) is 0 Å². The van der Waals surface area contributed by atoms with E-state index in [-0.39, 0.29) is 5.56 Å². The fourth-order valence-corrected chi connectivity index (χ4v) is 1.96. The van der Waals surface area contributed by atoms with E-state index in [1.807, 2.05) is 0 Å². The summed E-state index contributed by atoms with van der Waals surface area (Å²) >= 11 is 0. The van der Waals surface area contributed by atoms with Gasteiger partial charge in [0.15, 0.2) is 11.6 Å². The second kappa shape index (κ2) is 5.94. The van der Waals surface area contributed by atoms with Crippen LogP contribution in [0.1, 0.15) is 28.7 Å². The van der Waals surface area contributed by atoms with Gasteiger partial charge < -0.3 is 4.74 Å². The monoisotopic (exact) mass is 316 g/mol. The van der Waals surface area contributed by atoms with E-state index < -0.39 is 35.2 Å². The maximum atomic E-state index is 14.0. The van der Waals surface area contributed by atoms with Gasteiger partial charge in [-0.1, -0.05) is 23.8 Å². The fraction of sp³-hybridized carbons (Fsp3) is 0.250. The highest BCUT2D eigenvalue weighted by Crippen LogP contribution is 2.36. The third-order valence-corrected chi connectivity index (χ3v) is 3.21. The quantitative estimate of drug-likeness (QED) is 0.676. The van der Waals surface area contributed by atoms with Crippen molar-refractivity contribution in [2.75, 3.05) is 0 Å². The number of aryl methyl sites for hydroxylation is 2. The number of benzene rings is 2. The van der Waals surface area contributed by atoms with Crippen LogP contribution in [0.3, 0.4) is 0 Å². The summed E-state index contributed by atoms with van der Waals surface area (Å²) < 4.78 is 71.9. The number of hydrogen-bond acceptors (Lipinski definition) is 1. The van der Waals surface area contributed by atoms with Crippen molar-refractivity contribution >= 4 is 0 Å². The molecule has 2 aromatic rings. The van der Waals surface area contributed by atoms with Crippen LogP contribution in [0.2, 0.25) is 0 Å². The van der Waals surface area contributed by atoms with Gasteiger partial charge in [-0.25, -0.2) is 13.2 Å². The van der Waals surface area contributed by atoms with E-state index in [1.54, 1.807) is 6.92 Å². The average Bonchev–Trinajstić information content (AvgIpc) is 2.42. The van der Waals surface area contributed by atoms with Crippen LogP contribution < -0.4 is 4.74 Å². The van der Waals surface area contributed by atoms with E-state index in [1.165, 1.54) is 19.1 Å².